The molecule has 6 heteroatoms. The lowest BCUT2D eigenvalue weighted by atomic mass is 10.1. The van der Waals surface area contributed by atoms with E-state index >= 15 is 0 Å². The van der Waals surface area contributed by atoms with E-state index in [0.717, 1.165) is 5.56 Å². The van der Waals surface area contributed by atoms with Crippen molar-refractivity contribution in [2.45, 2.75) is 6.42 Å². The molecule has 2 rings (SSSR count). The Morgan fingerprint density at radius 3 is 1.90 bits per heavy atom. The zero-order chi connectivity index (χ0) is 15.2. The van der Waals surface area contributed by atoms with Gasteiger partial charge in [-0.1, -0.05) is 12.1 Å². The first kappa shape index (κ1) is 14.4. The first-order valence-corrected chi connectivity index (χ1v) is 6.34. The highest BCUT2D eigenvalue weighted by atomic mass is 16.2. The maximum absolute atomic E-state index is 11.9. The fourth-order valence-corrected chi connectivity index (χ4v) is 1.81. The zero-order valence-corrected chi connectivity index (χ0v) is 11.3. The third kappa shape index (κ3) is 4.54. The number of benzene rings is 2. The van der Waals surface area contributed by atoms with Gasteiger partial charge in [-0.3, -0.25) is 4.79 Å². The molecule has 0 unspecified atom stereocenters. The van der Waals surface area contributed by atoms with Crippen LogP contribution in [0.15, 0.2) is 48.5 Å². The van der Waals surface area contributed by atoms with E-state index in [1.807, 2.05) is 12.1 Å². The Balaban J connectivity index is 1.93. The van der Waals surface area contributed by atoms with Gasteiger partial charge in [-0.05, 0) is 42.0 Å². The lowest BCUT2D eigenvalue weighted by Gasteiger charge is -2.07. The number of hydrogen-bond donors (Lipinski definition) is 4. The van der Waals surface area contributed by atoms with E-state index in [-0.39, 0.29) is 12.3 Å². The second-order valence-electron chi connectivity index (χ2n) is 4.53. The summed E-state index contributed by atoms with van der Waals surface area (Å²) in [4.78, 5) is 22.6. The van der Waals surface area contributed by atoms with Crippen LogP contribution in [0.25, 0.3) is 0 Å². The van der Waals surface area contributed by atoms with E-state index in [1.165, 1.54) is 0 Å². The van der Waals surface area contributed by atoms with Crippen molar-refractivity contribution in [1.29, 1.82) is 0 Å². The molecule has 0 fully saturated rings. The van der Waals surface area contributed by atoms with Crippen LogP contribution in [0.4, 0.5) is 21.9 Å². The number of carbonyl (C=O) groups is 2. The fraction of sp³-hybridized carbons (Fsp3) is 0.0667. The van der Waals surface area contributed by atoms with Gasteiger partial charge in [-0.15, -0.1) is 0 Å². The SMILES string of the molecule is NC(=O)Nc1ccc(NC(=O)Cc2ccc(N)cc2)cc1. The van der Waals surface area contributed by atoms with Gasteiger partial charge in [0, 0.05) is 17.1 Å². The lowest BCUT2D eigenvalue weighted by Crippen LogP contribution is -2.19. The van der Waals surface area contributed by atoms with E-state index < -0.39 is 6.03 Å². The minimum atomic E-state index is -0.630. The summed E-state index contributed by atoms with van der Waals surface area (Å²) in [6.45, 7) is 0. The maximum Gasteiger partial charge on any atom is 0.316 e. The third-order valence-corrected chi connectivity index (χ3v) is 2.78. The van der Waals surface area contributed by atoms with E-state index in [9.17, 15) is 9.59 Å². The molecule has 21 heavy (non-hydrogen) atoms. The predicted molar refractivity (Wildman–Crippen MR) is 82.8 cm³/mol. The van der Waals surface area contributed by atoms with Crippen molar-refractivity contribution in [2.24, 2.45) is 5.73 Å². The van der Waals surface area contributed by atoms with Gasteiger partial charge in [-0.25, -0.2) is 4.79 Å². The third-order valence-electron chi connectivity index (χ3n) is 2.78. The summed E-state index contributed by atoms with van der Waals surface area (Å²) in [7, 11) is 0. The van der Waals surface area contributed by atoms with Crippen molar-refractivity contribution in [3.8, 4) is 0 Å². The summed E-state index contributed by atoms with van der Waals surface area (Å²) >= 11 is 0. The van der Waals surface area contributed by atoms with Crippen LogP contribution in [0.5, 0.6) is 0 Å². The Kier molecular flexibility index (Phi) is 4.40. The molecule has 0 heterocycles. The molecular formula is C15H16N4O2. The first-order chi connectivity index (χ1) is 10.0. The molecule has 3 amide bonds. The van der Waals surface area contributed by atoms with Crippen LogP contribution in [0.2, 0.25) is 0 Å². The van der Waals surface area contributed by atoms with Gasteiger partial charge in [0.1, 0.15) is 0 Å². The summed E-state index contributed by atoms with van der Waals surface area (Å²) in [6.07, 6.45) is 0.265. The summed E-state index contributed by atoms with van der Waals surface area (Å²) < 4.78 is 0. The average Bonchev–Trinajstić information content (AvgIpc) is 2.43. The van der Waals surface area contributed by atoms with Crippen LogP contribution >= 0.6 is 0 Å². The molecule has 0 radical (unpaired) electrons. The van der Waals surface area contributed by atoms with Crippen LogP contribution in [-0.4, -0.2) is 11.9 Å². The number of hydrogen-bond acceptors (Lipinski definition) is 3. The smallest absolute Gasteiger partial charge is 0.316 e. The normalized spacial score (nSPS) is 9.90. The van der Waals surface area contributed by atoms with Crippen molar-refractivity contribution in [1.82, 2.24) is 0 Å². The Bertz CT molecular complexity index is 636. The van der Waals surface area contributed by atoms with Crippen molar-refractivity contribution >= 4 is 29.0 Å². The first-order valence-electron chi connectivity index (χ1n) is 6.34. The number of nitrogens with one attached hydrogen (secondary N) is 2. The topological polar surface area (TPSA) is 110 Å². The molecule has 0 aliphatic carbocycles. The van der Waals surface area contributed by atoms with E-state index in [4.69, 9.17) is 11.5 Å². The molecule has 0 saturated carbocycles. The lowest BCUT2D eigenvalue weighted by molar-refractivity contribution is -0.115. The molecule has 0 saturated heterocycles. The zero-order valence-electron chi connectivity index (χ0n) is 11.3. The second kappa shape index (κ2) is 6.42. The fourth-order valence-electron chi connectivity index (χ4n) is 1.81. The number of anilines is 3. The van der Waals surface area contributed by atoms with Gasteiger partial charge in [-0.2, -0.15) is 0 Å². The van der Waals surface area contributed by atoms with Gasteiger partial charge < -0.3 is 22.1 Å². The molecule has 108 valence electrons. The number of urea groups is 1. The van der Waals surface area contributed by atoms with Crippen molar-refractivity contribution in [3.05, 3.63) is 54.1 Å². The average molecular weight is 284 g/mol. The van der Waals surface area contributed by atoms with Gasteiger partial charge in [0.05, 0.1) is 6.42 Å². The van der Waals surface area contributed by atoms with Crippen LogP contribution in [-0.2, 0) is 11.2 Å². The number of rotatable bonds is 4. The van der Waals surface area contributed by atoms with Crippen molar-refractivity contribution in [2.75, 3.05) is 16.4 Å². The molecule has 6 nitrogen and oxygen atoms in total. The minimum absolute atomic E-state index is 0.129. The van der Waals surface area contributed by atoms with E-state index in [0.29, 0.717) is 17.1 Å². The molecule has 0 atom stereocenters. The monoisotopic (exact) mass is 284 g/mol. The largest absolute Gasteiger partial charge is 0.399 e. The maximum atomic E-state index is 11.9. The van der Waals surface area contributed by atoms with Crippen LogP contribution in [0.1, 0.15) is 5.56 Å². The summed E-state index contributed by atoms with van der Waals surface area (Å²) in [5.41, 5.74) is 13.4. The number of nitrogen functional groups attached to an aromatic ring is 1. The van der Waals surface area contributed by atoms with Gasteiger partial charge >= 0.3 is 6.03 Å². The second-order valence-corrected chi connectivity index (χ2v) is 4.53. The van der Waals surface area contributed by atoms with E-state index in [1.54, 1.807) is 36.4 Å². The highest BCUT2D eigenvalue weighted by molar-refractivity contribution is 5.93. The molecule has 0 spiro atoms. The summed E-state index contributed by atoms with van der Waals surface area (Å²) in [5, 5.41) is 5.22. The Hall–Kier alpha value is -3.02. The Morgan fingerprint density at radius 1 is 0.857 bits per heavy atom. The molecule has 0 aliphatic rings. The van der Waals surface area contributed by atoms with Crippen molar-refractivity contribution in [3.63, 3.8) is 0 Å². The summed E-state index contributed by atoms with van der Waals surface area (Å²) in [6, 6.07) is 13.2. The van der Waals surface area contributed by atoms with Gasteiger partial charge in [0.25, 0.3) is 0 Å². The van der Waals surface area contributed by atoms with Gasteiger partial charge in [0.2, 0.25) is 5.91 Å². The van der Waals surface area contributed by atoms with Crippen LogP contribution in [0.3, 0.4) is 0 Å². The highest BCUT2D eigenvalue weighted by Gasteiger charge is 2.04. The molecule has 6 N–H and O–H groups in total. The number of carbonyl (C=O) groups excluding carboxylic acids is 2. The Labute approximate surface area is 122 Å². The van der Waals surface area contributed by atoms with Crippen molar-refractivity contribution < 1.29 is 9.59 Å². The molecule has 0 aliphatic heterocycles. The number of primary amides is 1. The van der Waals surface area contributed by atoms with Crippen LogP contribution in [0, 0.1) is 0 Å². The predicted octanol–water partition coefficient (Wildman–Crippen LogP) is 1.94. The number of nitrogens with two attached hydrogens (primary N) is 2. The van der Waals surface area contributed by atoms with E-state index in [2.05, 4.69) is 10.6 Å². The molecular weight excluding hydrogens is 268 g/mol. The number of amides is 3. The highest BCUT2D eigenvalue weighted by Crippen LogP contribution is 2.14. The minimum Gasteiger partial charge on any atom is -0.399 e. The Morgan fingerprint density at radius 2 is 1.38 bits per heavy atom. The van der Waals surface area contributed by atoms with Gasteiger partial charge in [0.15, 0.2) is 0 Å². The molecule has 0 bridgehead atoms. The van der Waals surface area contributed by atoms with Crippen LogP contribution < -0.4 is 22.1 Å². The summed E-state index contributed by atoms with van der Waals surface area (Å²) in [5.74, 6) is -0.129. The standard InChI is InChI=1S/C15H16N4O2/c16-11-3-1-10(2-4-11)9-14(20)18-12-5-7-13(8-6-12)19-15(17)21/h1-8H,9,16H2,(H,18,20)(H3,17,19,21). The molecule has 2 aromatic carbocycles. The quantitative estimate of drug-likeness (QED) is 0.644. The molecule has 2 aromatic rings. The molecule has 0 aromatic heterocycles.